The van der Waals surface area contributed by atoms with Crippen molar-refractivity contribution in [1.29, 1.82) is 0 Å². The van der Waals surface area contributed by atoms with Crippen LogP contribution in [0.2, 0.25) is 0 Å². The van der Waals surface area contributed by atoms with Gasteiger partial charge >= 0.3 is 0 Å². The Hall–Kier alpha value is -8.10. The lowest BCUT2D eigenvalue weighted by Crippen LogP contribution is -2.74. The average Bonchev–Trinajstić information content (AvgIpc) is 4.01. The van der Waals surface area contributed by atoms with Crippen LogP contribution >= 0.6 is 0 Å². The van der Waals surface area contributed by atoms with E-state index in [9.17, 15) is 0 Å². The number of allylic oxidation sites excluding steroid dienone is 4. The Morgan fingerprint density at radius 3 is 1.72 bits per heavy atom. The van der Waals surface area contributed by atoms with E-state index in [0.29, 0.717) is 0 Å². The van der Waals surface area contributed by atoms with Crippen molar-refractivity contribution in [1.82, 2.24) is 13.7 Å². The van der Waals surface area contributed by atoms with Crippen molar-refractivity contribution in [3.05, 3.63) is 237 Å². The van der Waals surface area contributed by atoms with Crippen molar-refractivity contribution in [2.75, 3.05) is 0 Å². The maximum atomic E-state index is 3.70. The van der Waals surface area contributed by atoms with Gasteiger partial charge in [0.05, 0.1) is 33.1 Å². The Morgan fingerprint density at radius 2 is 1.00 bits per heavy atom. The first kappa shape index (κ1) is 36.5. The van der Waals surface area contributed by atoms with Crippen molar-refractivity contribution >= 4 is 99.9 Å². The largest absolute Gasteiger partial charge is 0.310 e. The maximum absolute atomic E-state index is 3.70. The molecule has 0 saturated heterocycles. The highest BCUT2D eigenvalue weighted by atomic mass is 28.3. The second-order valence-corrected chi connectivity index (χ2v) is 20.7. The third-order valence-corrected chi connectivity index (χ3v) is 18.3. The maximum Gasteiger partial charge on any atom is 0.189 e. The third-order valence-electron chi connectivity index (χ3n) is 13.6. The fourth-order valence-electron chi connectivity index (χ4n) is 11.0. The molecule has 0 spiro atoms. The van der Waals surface area contributed by atoms with Crippen molar-refractivity contribution in [3.8, 4) is 11.4 Å². The molecule has 0 amide bonds. The van der Waals surface area contributed by atoms with Gasteiger partial charge in [-0.2, -0.15) is 0 Å². The number of nitrogens with zero attached hydrogens (tertiary/aromatic N) is 3. The fraction of sp³-hybridized carbons (Fsp3) is 0.0333. The summed E-state index contributed by atoms with van der Waals surface area (Å²) in [5, 5.41) is 12.6. The van der Waals surface area contributed by atoms with Crippen LogP contribution in [0.3, 0.4) is 0 Å². The summed E-state index contributed by atoms with van der Waals surface area (Å²) < 4.78 is 7.37. The number of fused-ring (bicyclic) bond motifs is 10. The van der Waals surface area contributed by atoms with Crippen LogP contribution in [0, 0.1) is 12.1 Å². The van der Waals surface area contributed by atoms with Gasteiger partial charge in [-0.15, -0.1) is 0 Å². The van der Waals surface area contributed by atoms with Crippen LogP contribution in [0.25, 0.3) is 82.5 Å². The number of aromatic nitrogens is 3. The van der Waals surface area contributed by atoms with Gasteiger partial charge < -0.3 is 13.7 Å². The normalized spacial score (nSPS) is 13.1. The lowest BCUT2D eigenvalue weighted by Gasteiger charge is -2.33. The summed E-state index contributed by atoms with van der Waals surface area (Å²) >= 11 is 0. The number of hydrogen-bond acceptors (Lipinski definition) is 0. The Balaban J connectivity index is 1.08. The van der Waals surface area contributed by atoms with E-state index in [1.165, 1.54) is 91.9 Å². The van der Waals surface area contributed by atoms with E-state index in [1.807, 2.05) is 6.07 Å². The van der Waals surface area contributed by atoms with Gasteiger partial charge in [-0.25, -0.2) is 0 Å². The first-order valence-corrected chi connectivity index (χ1v) is 24.3. The molecule has 1 unspecified atom stereocenters. The SMILES string of the molecule is c1cccc([Si](c2ccccc2)(c2ccc(-n3c4ccccc4c4ccc5c(c6ccccc6n5-c5ccccc5)c43)cc2)c2ccc3c(c2)c2ccccc2n3C2=CCCC=C2)c#1. The van der Waals surface area contributed by atoms with Crippen LogP contribution in [-0.2, 0) is 0 Å². The van der Waals surface area contributed by atoms with Gasteiger partial charge in [-0.1, -0.05) is 170 Å². The van der Waals surface area contributed by atoms with E-state index in [4.69, 9.17) is 0 Å². The Morgan fingerprint density at radius 1 is 0.406 bits per heavy atom. The second kappa shape index (κ2) is 14.5. The first-order valence-electron chi connectivity index (χ1n) is 22.3. The van der Waals surface area contributed by atoms with Gasteiger partial charge in [0, 0.05) is 54.6 Å². The molecule has 1 atom stereocenters. The van der Waals surface area contributed by atoms with Gasteiger partial charge in [0.2, 0.25) is 0 Å². The molecule has 0 radical (unpaired) electrons. The van der Waals surface area contributed by atoms with Crippen LogP contribution in [0.1, 0.15) is 12.8 Å². The van der Waals surface area contributed by atoms with Gasteiger partial charge in [0.1, 0.15) is 0 Å². The molecule has 4 heteroatoms. The molecule has 3 heterocycles. The molecule has 1 aliphatic rings. The highest BCUT2D eigenvalue weighted by molar-refractivity contribution is 7.19. The zero-order chi connectivity index (χ0) is 42.2. The van der Waals surface area contributed by atoms with Crippen molar-refractivity contribution in [2.24, 2.45) is 0 Å². The summed E-state index contributed by atoms with van der Waals surface area (Å²) in [6.07, 6.45) is 9.09. The molecule has 0 bridgehead atoms. The Bertz CT molecular complexity index is 3770. The summed E-state index contributed by atoms with van der Waals surface area (Å²) in [7, 11) is -3.00. The standard InChI is InChI=1S/C60H41N3Si/c1-5-19-42(20-6-1)61-54-30-16-14-28-50(54)53-41-48(37-39-57(53)61)64(45-23-9-3-10-24-45,46-25-11-4-12-26-46)47-35-33-44(34-36-47)63-55-31-17-13-27-49(55)51-38-40-58-59(60(51)63)52-29-15-18-32-56(52)62(58)43-21-7-2-8-22-43/h2-5,7-11,13-25,27-41H,1,6H2. The van der Waals surface area contributed by atoms with E-state index < -0.39 is 8.07 Å². The molecule has 1 aliphatic carbocycles. The molecule has 0 N–H and O–H groups in total. The molecule has 13 rings (SSSR count). The van der Waals surface area contributed by atoms with Crippen LogP contribution in [0.15, 0.2) is 224 Å². The van der Waals surface area contributed by atoms with E-state index >= 15 is 0 Å². The molecular weight excluding hydrogens is 791 g/mol. The lowest BCUT2D eigenvalue weighted by molar-refractivity contribution is 1.02. The third kappa shape index (κ3) is 5.29. The number of para-hydroxylation sites is 4. The monoisotopic (exact) mass is 831 g/mol. The molecule has 9 aromatic carbocycles. The van der Waals surface area contributed by atoms with Gasteiger partial charge in [0.15, 0.2) is 8.07 Å². The van der Waals surface area contributed by atoms with Crippen molar-refractivity contribution in [3.63, 3.8) is 0 Å². The van der Waals surface area contributed by atoms with Gasteiger partial charge in [-0.05, 0) is 95.1 Å². The zero-order valence-corrected chi connectivity index (χ0v) is 36.1. The minimum atomic E-state index is -3.00. The Kier molecular flexibility index (Phi) is 8.27. The molecule has 0 fully saturated rings. The lowest BCUT2D eigenvalue weighted by atomic mass is 10.1. The molecule has 0 saturated carbocycles. The van der Waals surface area contributed by atoms with E-state index in [1.54, 1.807) is 0 Å². The van der Waals surface area contributed by atoms with Crippen LogP contribution < -0.4 is 20.7 Å². The summed E-state index contributed by atoms with van der Waals surface area (Å²) in [6.45, 7) is 0. The summed E-state index contributed by atoms with van der Waals surface area (Å²) in [6, 6.07) is 83.5. The van der Waals surface area contributed by atoms with E-state index in [2.05, 4.69) is 244 Å². The first-order chi connectivity index (χ1) is 31.8. The summed E-state index contributed by atoms with van der Waals surface area (Å²) in [4.78, 5) is 0. The molecule has 12 aromatic rings. The van der Waals surface area contributed by atoms with Gasteiger partial charge in [-0.3, -0.25) is 0 Å². The number of hydrogen-bond donors (Lipinski definition) is 0. The highest BCUT2D eigenvalue weighted by Gasteiger charge is 2.42. The van der Waals surface area contributed by atoms with Crippen molar-refractivity contribution in [2.45, 2.75) is 12.8 Å². The van der Waals surface area contributed by atoms with E-state index in [-0.39, 0.29) is 0 Å². The minimum Gasteiger partial charge on any atom is -0.310 e. The van der Waals surface area contributed by atoms with Crippen molar-refractivity contribution < 1.29 is 0 Å². The molecule has 300 valence electrons. The zero-order valence-electron chi connectivity index (χ0n) is 35.1. The van der Waals surface area contributed by atoms with Crippen LogP contribution in [0.5, 0.6) is 0 Å². The smallest absolute Gasteiger partial charge is 0.189 e. The topological polar surface area (TPSA) is 14.8 Å². The van der Waals surface area contributed by atoms with Gasteiger partial charge in [0.25, 0.3) is 0 Å². The molecule has 3 aromatic heterocycles. The molecule has 0 aliphatic heterocycles. The number of rotatable bonds is 7. The summed E-state index contributed by atoms with van der Waals surface area (Å²) in [5.74, 6) is 0. The molecular formula is C60H41N3Si. The quantitative estimate of drug-likeness (QED) is 0.112. The molecule has 64 heavy (non-hydrogen) atoms. The summed E-state index contributed by atoms with van der Waals surface area (Å²) in [5.41, 5.74) is 10.8. The van der Waals surface area contributed by atoms with Crippen LogP contribution in [0.4, 0.5) is 0 Å². The minimum absolute atomic E-state index is 1.05. The fourth-order valence-corrected chi connectivity index (χ4v) is 15.6. The van der Waals surface area contributed by atoms with Crippen LogP contribution in [-0.4, -0.2) is 21.8 Å². The predicted octanol–water partition coefficient (Wildman–Crippen LogP) is 12.2. The second-order valence-electron chi connectivity index (χ2n) is 17.0. The highest BCUT2D eigenvalue weighted by Crippen LogP contribution is 2.42. The average molecular weight is 832 g/mol. The predicted molar refractivity (Wildman–Crippen MR) is 272 cm³/mol. The molecule has 3 nitrogen and oxygen atoms in total. The Labute approximate surface area is 372 Å². The van der Waals surface area contributed by atoms with E-state index in [0.717, 1.165) is 24.2 Å². The number of benzene rings is 8.